The molecule has 0 aliphatic heterocycles. The van der Waals surface area contributed by atoms with Gasteiger partial charge in [-0.2, -0.15) is 0 Å². The maximum atomic E-state index is 5.54. The van der Waals surface area contributed by atoms with Gasteiger partial charge in [0, 0.05) is 12.1 Å². The van der Waals surface area contributed by atoms with Crippen molar-refractivity contribution in [2.45, 2.75) is 26.7 Å². The SMILES string of the molecule is CC(=CCl)CNCC(C)C1CC1. The molecule has 0 heterocycles. The molecule has 1 aliphatic rings. The minimum Gasteiger partial charge on any atom is -0.313 e. The summed E-state index contributed by atoms with van der Waals surface area (Å²) >= 11 is 5.54. The van der Waals surface area contributed by atoms with Crippen LogP contribution in [0.4, 0.5) is 0 Å². The Morgan fingerprint density at radius 3 is 2.83 bits per heavy atom. The molecule has 0 amide bonds. The predicted molar refractivity (Wildman–Crippen MR) is 54.4 cm³/mol. The normalized spacial score (nSPS) is 21.1. The van der Waals surface area contributed by atoms with Gasteiger partial charge in [-0.05, 0) is 43.7 Å². The van der Waals surface area contributed by atoms with Gasteiger partial charge in [-0.15, -0.1) is 0 Å². The first-order valence-corrected chi connectivity index (χ1v) is 5.14. The van der Waals surface area contributed by atoms with Crippen molar-refractivity contribution in [3.05, 3.63) is 11.1 Å². The Kier molecular flexibility index (Phi) is 4.10. The first-order chi connectivity index (χ1) is 5.74. The van der Waals surface area contributed by atoms with Gasteiger partial charge in [-0.3, -0.25) is 0 Å². The van der Waals surface area contributed by atoms with Crippen LogP contribution in [-0.4, -0.2) is 13.1 Å². The summed E-state index contributed by atoms with van der Waals surface area (Å²) in [5.41, 5.74) is 2.86. The number of halogens is 1. The van der Waals surface area contributed by atoms with Gasteiger partial charge < -0.3 is 5.32 Å². The van der Waals surface area contributed by atoms with Crippen molar-refractivity contribution in [1.82, 2.24) is 5.32 Å². The third-order valence-electron chi connectivity index (χ3n) is 2.48. The lowest BCUT2D eigenvalue weighted by molar-refractivity contribution is 0.472. The molecule has 0 saturated heterocycles. The molecular formula is C10H18ClN. The molecule has 0 aromatic carbocycles. The molecule has 1 aliphatic carbocycles. The number of rotatable bonds is 5. The first-order valence-electron chi connectivity index (χ1n) is 4.70. The number of hydrogen-bond acceptors (Lipinski definition) is 1. The maximum Gasteiger partial charge on any atom is 0.0173 e. The second-order valence-corrected chi connectivity index (χ2v) is 4.12. The van der Waals surface area contributed by atoms with E-state index in [9.17, 15) is 0 Å². The molecule has 1 fully saturated rings. The summed E-state index contributed by atoms with van der Waals surface area (Å²) in [5.74, 6) is 1.84. The van der Waals surface area contributed by atoms with Crippen LogP contribution in [0.1, 0.15) is 26.7 Å². The molecule has 70 valence electrons. The fraction of sp³-hybridized carbons (Fsp3) is 0.800. The fourth-order valence-corrected chi connectivity index (χ4v) is 1.44. The lowest BCUT2D eigenvalue weighted by atomic mass is 10.1. The highest BCUT2D eigenvalue weighted by Crippen LogP contribution is 2.35. The predicted octanol–water partition coefficient (Wildman–Crippen LogP) is 2.76. The Balaban J connectivity index is 2.01. The molecule has 2 heteroatoms. The van der Waals surface area contributed by atoms with Gasteiger partial charge in [0.05, 0.1) is 0 Å². The quantitative estimate of drug-likeness (QED) is 0.698. The van der Waals surface area contributed by atoms with E-state index in [0.717, 1.165) is 24.9 Å². The average molecular weight is 188 g/mol. The Morgan fingerprint density at radius 2 is 2.33 bits per heavy atom. The van der Waals surface area contributed by atoms with E-state index in [1.165, 1.54) is 18.4 Å². The lowest BCUT2D eigenvalue weighted by Crippen LogP contribution is -2.23. The highest BCUT2D eigenvalue weighted by molar-refractivity contribution is 6.25. The van der Waals surface area contributed by atoms with Crippen LogP contribution in [0.15, 0.2) is 11.1 Å². The molecule has 1 unspecified atom stereocenters. The van der Waals surface area contributed by atoms with Gasteiger partial charge in [-0.1, -0.05) is 18.5 Å². The molecule has 0 spiro atoms. The largest absolute Gasteiger partial charge is 0.313 e. The Labute approximate surface area is 80.2 Å². The van der Waals surface area contributed by atoms with Crippen LogP contribution in [0.2, 0.25) is 0 Å². The summed E-state index contributed by atoms with van der Waals surface area (Å²) in [5, 5.41) is 3.40. The highest BCUT2D eigenvalue weighted by atomic mass is 35.5. The van der Waals surface area contributed by atoms with E-state index < -0.39 is 0 Å². The van der Waals surface area contributed by atoms with Crippen molar-refractivity contribution < 1.29 is 0 Å². The van der Waals surface area contributed by atoms with E-state index in [4.69, 9.17) is 11.6 Å². The second kappa shape index (κ2) is 4.88. The standard InChI is InChI=1S/C10H18ClN/c1-8(5-11)6-12-7-9(2)10-3-4-10/h5,9-10,12H,3-4,6-7H2,1-2H3. The summed E-state index contributed by atoms with van der Waals surface area (Å²) in [6.07, 6.45) is 2.88. The molecule has 1 nitrogen and oxygen atoms in total. The van der Waals surface area contributed by atoms with E-state index in [0.29, 0.717) is 0 Å². The summed E-state index contributed by atoms with van der Waals surface area (Å²) in [6, 6.07) is 0. The van der Waals surface area contributed by atoms with Crippen LogP contribution in [0.3, 0.4) is 0 Å². The topological polar surface area (TPSA) is 12.0 Å². The summed E-state index contributed by atoms with van der Waals surface area (Å²) in [7, 11) is 0. The molecule has 1 N–H and O–H groups in total. The average Bonchev–Trinajstić information content (AvgIpc) is 2.86. The molecular weight excluding hydrogens is 170 g/mol. The van der Waals surface area contributed by atoms with Crippen molar-refractivity contribution in [3.63, 3.8) is 0 Å². The number of hydrogen-bond donors (Lipinski definition) is 1. The molecule has 0 aromatic rings. The Bertz CT molecular complexity index is 161. The van der Waals surface area contributed by atoms with E-state index in [1.54, 1.807) is 5.54 Å². The van der Waals surface area contributed by atoms with Crippen molar-refractivity contribution >= 4 is 11.6 Å². The van der Waals surface area contributed by atoms with Gasteiger partial charge in [0.25, 0.3) is 0 Å². The maximum absolute atomic E-state index is 5.54. The molecule has 1 atom stereocenters. The Hall–Kier alpha value is -0.0100. The van der Waals surface area contributed by atoms with Crippen molar-refractivity contribution in [1.29, 1.82) is 0 Å². The van der Waals surface area contributed by atoms with Gasteiger partial charge >= 0.3 is 0 Å². The molecule has 0 aromatic heterocycles. The zero-order valence-electron chi connectivity index (χ0n) is 7.94. The molecule has 1 rings (SSSR count). The van der Waals surface area contributed by atoms with Crippen molar-refractivity contribution in [2.75, 3.05) is 13.1 Å². The van der Waals surface area contributed by atoms with Crippen LogP contribution in [0, 0.1) is 11.8 Å². The molecule has 0 bridgehead atoms. The lowest BCUT2D eigenvalue weighted by Gasteiger charge is -2.10. The molecule has 1 saturated carbocycles. The van der Waals surface area contributed by atoms with Crippen LogP contribution in [-0.2, 0) is 0 Å². The smallest absolute Gasteiger partial charge is 0.0173 e. The van der Waals surface area contributed by atoms with E-state index in [2.05, 4.69) is 12.2 Å². The number of nitrogens with one attached hydrogen (secondary N) is 1. The third-order valence-corrected chi connectivity index (χ3v) is 2.86. The fourth-order valence-electron chi connectivity index (χ4n) is 1.37. The minimum atomic E-state index is 0.841. The van der Waals surface area contributed by atoms with Crippen LogP contribution in [0.25, 0.3) is 0 Å². The molecule has 0 radical (unpaired) electrons. The van der Waals surface area contributed by atoms with E-state index in [1.807, 2.05) is 6.92 Å². The Morgan fingerprint density at radius 1 is 1.67 bits per heavy atom. The highest BCUT2D eigenvalue weighted by Gasteiger charge is 2.27. The summed E-state index contributed by atoms with van der Waals surface area (Å²) in [4.78, 5) is 0. The van der Waals surface area contributed by atoms with Crippen molar-refractivity contribution in [2.24, 2.45) is 11.8 Å². The van der Waals surface area contributed by atoms with Crippen LogP contribution in [0.5, 0.6) is 0 Å². The van der Waals surface area contributed by atoms with Gasteiger partial charge in [-0.25, -0.2) is 0 Å². The zero-order valence-corrected chi connectivity index (χ0v) is 8.69. The van der Waals surface area contributed by atoms with Crippen LogP contribution >= 0.6 is 11.6 Å². The monoisotopic (exact) mass is 187 g/mol. The molecule has 12 heavy (non-hydrogen) atoms. The van der Waals surface area contributed by atoms with E-state index in [-0.39, 0.29) is 0 Å². The van der Waals surface area contributed by atoms with E-state index >= 15 is 0 Å². The van der Waals surface area contributed by atoms with Gasteiger partial charge in [0.2, 0.25) is 0 Å². The first kappa shape index (κ1) is 10.1. The van der Waals surface area contributed by atoms with Gasteiger partial charge in [0.1, 0.15) is 0 Å². The zero-order chi connectivity index (χ0) is 8.97. The minimum absolute atomic E-state index is 0.841. The third kappa shape index (κ3) is 3.59. The van der Waals surface area contributed by atoms with Crippen molar-refractivity contribution in [3.8, 4) is 0 Å². The second-order valence-electron chi connectivity index (χ2n) is 3.90. The summed E-state index contributed by atoms with van der Waals surface area (Å²) < 4.78 is 0. The van der Waals surface area contributed by atoms with Crippen LogP contribution < -0.4 is 5.32 Å². The summed E-state index contributed by atoms with van der Waals surface area (Å²) in [6.45, 7) is 6.43. The van der Waals surface area contributed by atoms with Gasteiger partial charge in [0.15, 0.2) is 0 Å².